The molecule has 2 nitrogen and oxygen atoms in total. The van der Waals surface area contributed by atoms with Crippen molar-refractivity contribution in [2.24, 2.45) is 0 Å². The molecule has 1 heterocycles. The second-order valence-corrected chi connectivity index (χ2v) is 7.74. The van der Waals surface area contributed by atoms with Crippen molar-refractivity contribution in [3.8, 4) is 5.75 Å². The van der Waals surface area contributed by atoms with E-state index in [2.05, 4.69) is 54.3 Å². The monoisotopic (exact) mass is 301 g/mol. The Morgan fingerprint density at radius 2 is 2.00 bits per heavy atom. The van der Waals surface area contributed by atoms with Gasteiger partial charge in [0.15, 0.2) is 0 Å². The Kier molecular flexibility index (Phi) is 4.41. The molecule has 112 valence electrons. The number of ether oxygens (including phenoxy) is 1. The Hall–Kier alpha value is -1.19. The van der Waals surface area contributed by atoms with Gasteiger partial charge in [-0.15, -0.1) is 0 Å². The third-order valence-electron chi connectivity index (χ3n) is 4.24. The Balaban J connectivity index is 1.64. The fourth-order valence-electron chi connectivity index (χ4n) is 2.96. The van der Waals surface area contributed by atoms with Crippen LogP contribution in [0.5, 0.6) is 5.75 Å². The fourth-order valence-corrected chi connectivity index (χ4v) is 4.23. The Morgan fingerprint density at radius 3 is 2.76 bits per heavy atom. The van der Waals surface area contributed by atoms with Crippen LogP contribution in [-0.2, 0) is 6.54 Å². The number of fused-ring (bicyclic) bond motifs is 1. The molecule has 3 heteroatoms. The van der Waals surface area contributed by atoms with Crippen molar-refractivity contribution in [2.75, 3.05) is 19.4 Å². The second-order valence-electron chi connectivity index (χ2n) is 6.05. The number of thioether (sulfide) groups is 1. The van der Waals surface area contributed by atoms with Crippen molar-refractivity contribution in [1.29, 1.82) is 0 Å². The standard InChI is InChI=1S/C18H23NOS/c1-18(8-3-9-21-18)13-19-12-14-4-5-16-11-17(20-2)7-6-15(16)10-14/h4-7,10-11,19H,3,8-9,12-13H2,1-2H3. The highest BCUT2D eigenvalue weighted by molar-refractivity contribution is 8.00. The number of rotatable bonds is 5. The van der Waals surface area contributed by atoms with Crippen molar-refractivity contribution in [1.82, 2.24) is 5.32 Å². The molecule has 0 spiro atoms. The van der Waals surface area contributed by atoms with Gasteiger partial charge < -0.3 is 10.1 Å². The molecule has 1 N–H and O–H groups in total. The van der Waals surface area contributed by atoms with Crippen LogP contribution in [-0.4, -0.2) is 24.2 Å². The van der Waals surface area contributed by atoms with E-state index in [0.717, 1.165) is 18.8 Å². The van der Waals surface area contributed by atoms with Gasteiger partial charge in [-0.25, -0.2) is 0 Å². The lowest BCUT2D eigenvalue weighted by molar-refractivity contribution is 0.415. The van der Waals surface area contributed by atoms with Crippen LogP contribution in [0.4, 0.5) is 0 Å². The third-order valence-corrected chi connectivity index (χ3v) is 5.78. The summed E-state index contributed by atoms with van der Waals surface area (Å²) in [4.78, 5) is 0. The van der Waals surface area contributed by atoms with E-state index < -0.39 is 0 Å². The molecule has 1 saturated heterocycles. The van der Waals surface area contributed by atoms with Crippen LogP contribution in [0.25, 0.3) is 10.8 Å². The van der Waals surface area contributed by atoms with E-state index in [0.29, 0.717) is 4.75 Å². The van der Waals surface area contributed by atoms with Gasteiger partial charge in [-0.2, -0.15) is 11.8 Å². The lowest BCUT2D eigenvalue weighted by Crippen LogP contribution is -2.32. The summed E-state index contributed by atoms with van der Waals surface area (Å²) in [5.74, 6) is 2.23. The van der Waals surface area contributed by atoms with Gasteiger partial charge in [0.05, 0.1) is 7.11 Å². The van der Waals surface area contributed by atoms with Gasteiger partial charge in [0, 0.05) is 17.8 Å². The van der Waals surface area contributed by atoms with Crippen LogP contribution >= 0.6 is 11.8 Å². The molecule has 0 amide bonds. The Morgan fingerprint density at radius 1 is 1.19 bits per heavy atom. The first kappa shape index (κ1) is 14.7. The predicted molar refractivity (Wildman–Crippen MR) is 92.3 cm³/mol. The third kappa shape index (κ3) is 3.53. The average Bonchev–Trinajstić information content (AvgIpc) is 2.93. The van der Waals surface area contributed by atoms with Crippen molar-refractivity contribution >= 4 is 22.5 Å². The van der Waals surface area contributed by atoms with Crippen LogP contribution in [0.2, 0.25) is 0 Å². The van der Waals surface area contributed by atoms with Gasteiger partial charge in [-0.05, 0) is 60.1 Å². The lowest BCUT2D eigenvalue weighted by Gasteiger charge is -2.23. The normalized spacial score (nSPS) is 21.8. The predicted octanol–water partition coefficient (Wildman–Crippen LogP) is 4.22. The molecule has 1 fully saturated rings. The van der Waals surface area contributed by atoms with E-state index in [-0.39, 0.29) is 0 Å². The first-order valence-electron chi connectivity index (χ1n) is 7.60. The molecule has 0 saturated carbocycles. The quantitative estimate of drug-likeness (QED) is 0.893. The largest absolute Gasteiger partial charge is 0.497 e. The molecule has 0 aromatic heterocycles. The molecule has 1 unspecified atom stereocenters. The van der Waals surface area contributed by atoms with E-state index in [1.165, 1.54) is 34.9 Å². The molecule has 1 aliphatic rings. The van der Waals surface area contributed by atoms with Gasteiger partial charge in [0.2, 0.25) is 0 Å². The average molecular weight is 301 g/mol. The maximum absolute atomic E-state index is 5.27. The summed E-state index contributed by atoms with van der Waals surface area (Å²) in [6.45, 7) is 4.42. The summed E-state index contributed by atoms with van der Waals surface area (Å²) in [5.41, 5.74) is 1.35. The number of methoxy groups -OCH3 is 1. The van der Waals surface area contributed by atoms with E-state index in [9.17, 15) is 0 Å². The zero-order valence-corrected chi connectivity index (χ0v) is 13.6. The van der Waals surface area contributed by atoms with Crippen LogP contribution in [0.1, 0.15) is 25.3 Å². The van der Waals surface area contributed by atoms with Crippen LogP contribution < -0.4 is 10.1 Å². The minimum absolute atomic E-state index is 0.435. The van der Waals surface area contributed by atoms with E-state index in [1.54, 1.807) is 7.11 Å². The van der Waals surface area contributed by atoms with Crippen LogP contribution in [0.3, 0.4) is 0 Å². The zero-order chi connectivity index (χ0) is 14.7. The number of hydrogen-bond donors (Lipinski definition) is 1. The maximum atomic E-state index is 5.27. The van der Waals surface area contributed by atoms with Gasteiger partial charge in [-0.3, -0.25) is 0 Å². The van der Waals surface area contributed by atoms with E-state index >= 15 is 0 Å². The Bertz CT molecular complexity index is 620. The van der Waals surface area contributed by atoms with Crippen molar-refractivity contribution in [2.45, 2.75) is 31.1 Å². The molecule has 1 aliphatic heterocycles. The summed E-state index contributed by atoms with van der Waals surface area (Å²) >= 11 is 2.11. The molecule has 21 heavy (non-hydrogen) atoms. The van der Waals surface area contributed by atoms with Gasteiger partial charge in [-0.1, -0.05) is 18.2 Å². The minimum Gasteiger partial charge on any atom is -0.497 e. The molecular weight excluding hydrogens is 278 g/mol. The fraction of sp³-hybridized carbons (Fsp3) is 0.444. The Labute approximate surface area is 131 Å². The second kappa shape index (κ2) is 6.29. The molecule has 3 rings (SSSR count). The van der Waals surface area contributed by atoms with Crippen molar-refractivity contribution in [3.63, 3.8) is 0 Å². The lowest BCUT2D eigenvalue weighted by atomic mass is 10.0. The summed E-state index contributed by atoms with van der Waals surface area (Å²) < 4.78 is 5.71. The van der Waals surface area contributed by atoms with Crippen LogP contribution in [0, 0.1) is 0 Å². The summed E-state index contributed by atoms with van der Waals surface area (Å²) in [6, 6.07) is 12.9. The van der Waals surface area contributed by atoms with Gasteiger partial charge >= 0.3 is 0 Å². The SMILES string of the molecule is COc1ccc2cc(CNCC3(C)CCCS3)ccc2c1. The summed E-state index contributed by atoms with van der Waals surface area (Å²) in [7, 11) is 1.71. The highest BCUT2D eigenvalue weighted by atomic mass is 32.2. The molecule has 0 aliphatic carbocycles. The molecule has 2 aromatic rings. The zero-order valence-electron chi connectivity index (χ0n) is 12.8. The van der Waals surface area contributed by atoms with Gasteiger partial charge in [0.1, 0.15) is 5.75 Å². The highest BCUT2D eigenvalue weighted by Crippen LogP contribution is 2.37. The first-order chi connectivity index (χ1) is 10.2. The van der Waals surface area contributed by atoms with Crippen LogP contribution in [0.15, 0.2) is 36.4 Å². The van der Waals surface area contributed by atoms with Gasteiger partial charge in [0.25, 0.3) is 0 Å². The highest BCUT2D eigenvalue weighted by Gasteiger charge is 2.28. The minimum atomic E-state index is 0.435. The number of hydrogen-bond acceptors (Lipinski definition) is 3. The molecular formula is C18H23NOS. The van der Waals surface area contributed by atoms with Crippen molar-refractivity contribution < 1.29 is 4.74 Å². The summed E-state index contributed by atoms with van der Waals surface area (Å²) in [5, 5.41) is 6.13. The molecule has 0 bridgehead atoms. The van der Waals surface area contributed by atoms with E-state index in [1.807, 2.05) is 6.07 Å². The first-order valence-corrected chi connectivity index (χ1v) is 8.58. The number of nitrogens with one attached hydrogen (secondary N) is 1. The topological polar surface area (TPSA) is 21.3 Å². The number of benzene rings is 2. The maximum Gasteiger partial charge on any atom is 0.119 e. The van der Waals surface area contributed by atoms with E-state index in [4.69, 9.17) is 4.74 Å². The molecule has 2 aromatic carbocycles. The molecule has 0 radical (unpaired) electrons. The van der Waals surface area contributed by atoms with Crippen molar-refractivity contribution in [3.05, 3.63) is 42.0 Å². The summed E-state index contributed by atoms with van der Waals surface area (Å²) in [6.07, 6.45) is 2.70. The molecule has 1 atom stereocenters. The smallest absolute Gasteiger partial charge is 0.119 e.